The lowest BCUT2D eigenvalue weighted by Crippen LogP contribution is -2.65. The van der Waals surface area contributed by atoms with E-state index in [0.717, 1.165) is 0 Å². The second kappa shape index (κ2) is 20.9. The monoisotopic (exact) mass is 909 g/mol. The number of nitrogens with zero attached hydrogens (tertiary/aromatic N) is 1. The van der Waals surface area contributed by atoms with Gasteiger partial charge < -0.3 is 83.6 Å². The van der Waals surface area contributed by atoms with Crippen molar-refractivity contribution < 1.29 is 93.1 Å². The number of aliphatic carboxylic acids is 1. The summed E-state index contributed by atoms with van der Waals surface area (Å²) >= 11 is 0. The zero-order chi connectivity index (χ0) is 47.8. The summed E-state index contributed by atoms with van der Waals surface area (Å²) in [6.07, 6.45) is -22.0. The van der Waals surface area contributed by atoms with Crippen LogP contribution in [0.15, 0.2) is 0 Å². The largest absolute Gasteiger partial charge is 0.479 e. The number of hydrogen-bond donors (Lipinski definition) is 8. The van der Waals surface area contributed by atoms with Crippen LogP contribution in [0.5, 0.6) is 0 Å². The summed E-state index contributed by atoms with van der Waals surface area (Å²) in [7, 11) is 5.05. The third-order valence-electron chi connectivity index (χ3n) is 14.0. The first-order valence-corrected chi connectivity index (χ1v) is 22.0. The molecular weight excluding hydrogens is 834 g/mol. The van der Waals surface area contributed by atoms with Crippen LogP contribution in [0.2, 0.25) is 0 Å². The number of carbonyl (C=O) groups is 3. The maximum atomic E-state index is 14.7. The van der Waals surface area contributed by atoms with Crippen LogP contribution in [0.1, 0.15) is 94.9 Å². The molecule has 0 aliphatic carbocycles. The van der Waals surface area contributed by atoms with Crippen LogP contribution in [0.4, 0.5) is 0 Å². The van der Waals surface area contributed by atoms with Gasteiger partial charge in [-0.3, -0.25) is 9.59 Å². The van der Waals surface area contributed by atoms with Crippen molar-refractivity contribution in [2.45, 2.75) is 210 Å². The zero-order valence-electron chi connectivity index (χ0n) is 38.9. The fraction of sp³-hybridized carbons (Fsp3) is 0.930. The van der Waals surface area contributed by atoms with Crippen LogP contribution in [0.25, 0.3) is 0 Å². The molecule has 4 aliphatic rings. The lowest BCUT2D eigenvalue weighted by molar-refractivity contribution is -0.341. The molecule has 63 heavy (non-hydrogen) atoms. The Bertz CT molecular complexity index is 1550. The molecule has 0 radical (unpaired) electrons. The molecule has 4 fully saturated rings. The number of hydrogen-bond acceptors (Lipinski definition) is 19. The first-order chi connectivity index (χ1) is 29.1. The first-order valence-electron chi connectivity index (χ1n) is 22.0. The minimum atomic E-state index is -2.18. The Morgan fingerprint density at radius 3 is 1.98 bits per heavy atom. The normalized spacial score (nSPS) is 49.9. The van der Waals surface area contributed by atoms with Gasteiger partial charge in [-0.1, -0.05) is 27.7 Å². The predicted octanol–water partition coefficient (Wildman–Crippen LogP) is -0.298. The standard InChI is InChI=1S/C43H75NO19/c1-14-25-43(10,63-40-31(49)29(47)30(48)33(61-40)37(52)53)34(50)20(4)27(45)18(2)16-41(8,55)36(62-39-28(46)24(44(11)12)15-19(3)57-39)21(5)32(22(6)38(54)59-25)60-26-17-42(9,56-13)35(51)23(7)58-26/h18-26,28-36,39-40,46-51,55H,14-17H2,1-13H3,(H,52,53)/t18-,19-,20+,21+,22-,23+,24+,25-,26+,28-,29?,30?,31?,32+,33?,34-,35+,36-,39+,40?,41-,42-,43-/m1/s1. The van der Waals surface area contributed by atoms with Gasteiger partial charge in [-0.2, -0.15) is 0 Å². The van der Waals surface area contributed by atoms with E-state index in [1.165, 1.54) is 34.8 Å². The number of likely N-dealkylation sites (N-methyl/N-ethyl adjacent to an activating group) is 1. The summed E-state index contributed by atoms with van der Waals surface area (Å²) in [5, 5.41) is 89.1. The van der Waals surface area contributed by atoms with Crippen molar-refractivity contribution >= 4 is 17.7 Å². The quantitative estimate of drug-likeness (QED) is 0.131. The number of aliphatic hydroxyl groups excluding tert-OH is 6. The average molecular weight is 910 g/mol. The van der Waals surface area contributed by atoms with Gasteiger partial charge in [-0.25, -0.2) is 4.79 Å². The number of carboxylic acids is 1. The number of methoxy groups -OCH3 is 1. The fourth-order valence-corrected chi connectivity index (χ4v) is 9.94. The van der Waals surface area contributed by atoms with Crippen LogP contribution in [0.3, 0.4) is 0 Å². The molecule has 0 amide bonds. The number of cyclic esters (lactones) is 1. The maximum Gasteiger partial charge on any atom is 0.335 e. The van der Waals surface area contributed by atoms with Gasteiger partial charge in [-0.15, -0.1) is 0 Å². The van der Waals surface area contributed by atoms with Crippen molar-refractivity contribution in [3.63, 3.8) is 0 Å². The molecule has 0 saturated carbocycles. The number of esters is 1. The lowest BCUT2D eigenvalue weighted by atomic mass is 9.74. The third-order valence-corrected chi connectivity index (χ3v) is 14.0. The van der Waals surface area contributed by atoms with Crippen molar-refractivity contribution in [1.29, 1.82) is 0 Å². The van der Waals surface area contributed by atoms with E-state index in [0.29, 0.717) is 6.42 Å². The second-order valence-corrected chi connectivity index (χ2v) is 19.3. The Morgan fingerprint density at radius 1 is 0.810 bits per heavy atom. The number of rotatable bonds is 10. The highest BCUT2D eigenvalue weighted by Gasteiger charge is 2.57. The maximum absolute atomic E-state index is 14.7. The molecule has 4 saturated heterocycles. The smallest absolute Gasteiger partial charge is 0.335 e. The Hall–Kier alpha value is -1.99. The molecule has 0 bridgehead atoms. The summed E-state index contributed by atoms with van der Waals surface area (Å²) in [6.45, 7) is 15.6. The van der Waals surface area contributed by atoms with Gasteiger partial charge in [0, 0.05) is 37.3 Å². The lowest BCUT2D eigenvalue weighted by Gasteiger charge is -2.49. The number of ether oxygens (including phenoxy) is 8. The topological polar surface area (TPSA) is 290 Å². The van der Waals surface area contributed by atoms with Gasteiger partial charge in [0.05, 0.1) is 47.6 Å². The van der Waals surface area contributed by atoms with Crippen LogP contribution in [-0.4, -0.2) is 200 Å². The van der Waals surface area contributed by atoms with Crippen molar-refractivity contribution in [2.75, 3.05) is 21.2 Å². The molecule has 366 valence electrons. The Kier molecular flexibility index (Phi) is 17.8. The molecule has 0 aromatic heterocycles. The molecule has 20 heteroatoms. The number of carbonyl (C=O) groups excluding carboxylic acids is 2. The Labute approximate surface area is 370 Å². The van der Waals surface area contributed by atoms with Gasteiger partial charge in [0.1, 0.15) is 48.0 Å². The number of carboxylic acid groups (broad SMARTS) is 1. The van der Waals surface area contributed by atoms with E-state index in [9.17, 15) is 55.2 Å². The first kappa shape index (κ1) is 53.6. The Balaban J connectivity index is 1.87. The van der Waals surface area contributed by atoms with Gasteiger partial charge in [0.25, 0.3) is 0 Å². The summed E-state index contributed by atoms with van der Waals surface area (Å²) in [5.41, 5.74) is -5.28. The molecule has 4 heterocycles. The van der Waals surface area contributed by atoms with E-state index in [4.69, 9.17) is 37.9 Å². The van der Waals surface area contributed by atoms with Crippen molar-refractivity contribution in [2.24, 2.45) is 23.7 Å². The van der Waals surface area contributed by atoms with E-state index in [1.54, 1.807) is 34.6 Å². The van der Waals surface area contributed by atoms with E-state index >= 15 is 0 Å². The number of ketones is 1. The van der Waals surface area contributed by atoms with Crippen LogP contribution in [0, 0.1) is 23.7 Å². The Morgan fingerprint density at radius 2 is 1.43 bits per heavy atom. The highest BCUT2D eigenvalue weighted by atomic mass is 16.7. The fourth-order valence-electron chi connectivity index (χ4n) is 9.94. The molecule has 4 aliphatic heterocycles. The molecule has 0 aromatic carbocycles. The summed E-state index contributed by atoms with van der Waals surface area (Å²) in [6, 6.07) is -0.400. The van der Waals surface area contributed by atoms with Crippen LogP contribution < -0.4 is 0 Å². The highest BCUT2D eigenvalue weighted by Crippen LogP contribution is 2.42. The summed E-state index contributed by atoms with van der Waals surface area (Å²) in [4.78, 5) is 43.0. The van der Waals surface area contributed by atoms with Gasteiger partial charge in [0.2, 0.25) is 0 Å². The molecule has 23 atom stereocenters. The minimum absolute atomic E-state index is 0.00486. The zero-order valence-corrected chi connectivity index (χ0v) is 38.9. The van der Waals surface area contributed by atoms with E-state index < -0.39 is 150 Å². The van der Waals surface area contributed by atoms with Crippen LogP contribution >= 0.6 is 0 Å². The van der Waals surface area contributed by atoms with Gasteiger partial charge in [0.15, 0.2) is 25.0 Å². The molecular formula is C43H75NO19. The number of Topliss-reactive ketones (excluding diaryl/α,β-unsaturated/α-hetero) is 1. The second-order valence-electron chi connectivity index (χ2n) is 19.3. The third kappa shape index (κ3) is 11.2. The molecule has 20 nitrogen and oxygen atoms in total. The molecule has 5 unspecified atom stereocenters. The van der Waals surface area contributed by atoms with Gasteiger partial charge in [-0.05, 0) is 74.9 Å². The van der Waals surface area contributed by atoms with E-state index in [2.05, 4.69) is 0 Å². The van der Waals surface area contributed by atoms with Crippen LogP contribution in [-0.2, 0) is 52.3 Å². The van der Waals surface area contributed by atoms with Crippen molar-refractivity contribution in [3.05, 3.63) is 0 Å². The summed E-state index contributed by atoms with van der Waals surface area (Å²) in [5.74, 6) is -7.80. The molecule has 0 spiro atoms. The number of aliphatic hydroxyl groups is 7. The minimum Gasteiger partial charge on any atom is -0.479 e. The summed E-state index contributed by atoms with van der Waals surface area (Å²) < 4.78 is 49.1. The highest BCUT2D eigenvalue weighted by molar-refractivity contribution is 5.83. The van der Waals surface area contributed by atoms with Crippen molar-refractivity contribution in [3.8, 4) is 0 Å². The molecule has 4 rings (SSSR count). The van der Waals surface area contributed by atoms with E-state index in [-0.39, 0.29) is 25.4 Å². The molecule has 0 aromatic rings. The van der Waals surface area contributed by atoms with E-state index in [1.807, 2.05) is 25.9 Å². The average Bonchev–Trinajstić information content (AvgIpc) is 3.21. The van der Waals surface area contributed by atoms with Gasteiger partial charge >= 0.3 is 11.9 Å². The van der Waals surface area contributed by atoms with Crippen molar-refractivity contribution in [1.82, 2.24) is 4.90 Å². The predicted molar refractivity (Wildman–Crippen MR) is 219 cm³/mol. The SMILES string of the molecule is CC[C@H]1OC(=O)[C@H](C)[C@@H](O[C@H]2C[C@@](C)(OC)[C@@H](O)[C@H](C)O2)[C@H](C)[C@@H](O[C@@H]2O[C@H](C)C[C@H](N(C)C)[C@H]2O)[C@](C)(O)C[C@@H](C)C(=O)[C@H](C)[C@@H](O)[C@]1(C)OC1OC(C(=O)O)C(O)C(O)C1O. The molecule has 8 N–H and O–H groups in total.